The predicted molar refractivity (Wildman–Crippen MR) is 228 cm³/mol. The van der Waals surface area contributed by atoms with Crippen molar-refractivity contribution >= 4 is 53.9 Å². The van der Waals surface area contributed by atoms with Crippen LogP contribution in [0.5, 0.6) is 0 Å². The van der Waals surface area contributed by atoms with Crippen molar-refractivity contribution in [3.8, 4) is 44.5 Å². The monoisotopic (exact) mass is 672 g/mol. The van der Waals surface area contributed by atoms with Crippen LogP contribution in [0.25, 0.3) is 98.4 Å². The Bertz CT molecular complexity index is 3060. The normalized spacial score (nSPS) is 13.2. The van der Waals surface area contributed by atoms with Gasteiger partial charge in [-0.2, -0.15) is 0 Å². The second-order valence-corrected chi connectivity index (χ2v) is 15.2. The maximum Gasteiger partial charge on any atom is 0.0159 e. The van der Waals surface area contributed by atoms with Gasteiger partial charge in [-0.25, -0.2) is 0 Å². The van der Waals surface area contributed by atoms with E-state index in [0.29, 0.717) is 0 Å². The molecule has 0 amide bonds. The number of benzene rings is 10. The highest BCUT2D eigenvalue weighted by molar-refractivity contribution is 6.22. The molecule has 0 heteroatoms. The van der Waals surface area contributed by atoms with Crippen molar-refractivity contribution in [1.82, 2.24) is 0 Å². The molecule has 0 saturated carbocycles. The van der Waals surface area contributed by atoms with E-state index in [-0.39, 0.29) is 5.41 Å². The molecule has 0 fully saturated rings. The van der Waals surface area contributed by atoms with E-state index >= 15 is 0 Å². The minimum atomic E-state index is -0.0671. The molecule has 0 unspecified atom stereocenters. The first kappa shape index (κ1) is 30.2. The van der Waals surface area contributed by atoms with E-state index in [9.17, 15) is 0 Å². The van der Waals surface area contributed by atoms with Crippen molar-refractivity contribution in [3.63, 3.8) is 0 Å². The van der Waals surface area contributed by atoms with Gasteiger partial charge in [0.05, 0.1) is 0 Å². The summed E-state index contributed by atoms with van der Waals surface area (Å²) in [4.78, 5) is 0. The van der Waals surface area contributed by atoms with Crippen LogP contribution in [0, 0.1) is 0 Å². The lowest BCUT2D eigenvalue weighted by atomic mass is 9.81. The van der Waals surface area contributed by atoms with Gasteiger partial charge in [-0.15, -0.1) is 0 Å². The molecule has 0 bridgehead atoms. The van der Waals surface area contributed by atoms with Crippen molar-refractivity contribution in [2.45, 2.75) is 19.3 Å². The maximum absolute atomic E-state index is 2.40. The van der Waals surface area contributed by atoms with Crippen LogP contribution in [0.2, 0.25) is 0 Å². The fourth-order valence-corrected chi connectivity index (χ4v) is 9.51. The minimum absolute atomic E-state index is 0.0671. The molecule has 0 atom stereocenters. The molecule has 53 heavy (non-hydrogen) atoms. The summed E-state index contributed by atoms with van der Waals surface area (Å²) in [5, 5.41) is 12.8. The van der Waals surface area contributed by atoms with Gasteiger partial charge in [-0.05, 0) is 116 Å². The molecule has 1 aliphatic carbocycles. The lowest BCUT2D eigenvalue weighted by molar-refractivity contribution is 0.661. The Labute approximate surface area is 309 Å². The largest absolute Gasteiger partial charge is 0.0616 e. The van der Waals surface area contributed by atoms with Crippen LogP contribution in [0.3, 0.4) is 0 Å². The Hall–Kier alpha value is -6.50. The fourth-order valence-electron chi connectivity index (χ4n) is 9.51. The summed E-state index contributed by atoms with van der Waals surface area (Å²) in [6.45, 7) is 4.75. The second kappa shape index (κ2) is 11.2. The molecule has 0 nitrogen and oxygen atoms in total. The minimum Gasteiger partial charge on any atom is -0.0616 e. The third-order valence-electron chi connectivity index (χ3n) is 12.0. The van der Waals surface area contributed by atoms with Gasteiger partial charge in [0, 0.05) is 5.41 Å². The molecule has 0 spiro atoms. The van der Waals surface area contributed by atoms with Crippen molar-refractivity contribution in [1.29, 1.82) is 0 Å². The van der Waals surface area contributed by atoms with Gasteiger partial charge < -0.3 is 0 Å². The number of rotatable bonds is 3. The Kier molecular flexibility index (Phi) is 6.40. The highest BCUT2D eigenvalue weighted by Gasteiger charge is 2.37. The van der Waals surface area contributed by atoms with Crippen molar-refractivity contribution < 1.29 is 0 Å². The van der Waals surface area contributed by atoms with Gasteiger partial charge >= 0.3 is 0 Å². The van der Waals surface area contributed by atoms with Crippen molar-refractivity contribution in [2.24, 2.45) is 0 Å². The molecule has 0 aliphatic heterocycles. The first-order valence-electron chi connectivity index (χ1n) is 18.7. The summed E-state index contributed by atoms with van der Waals surface area (Å²) < 4.78 is 0. The van der Waals surface area contributed by atoms with E-state index < -0.39 is 0 Å². The molecule has 0 heterocycles. The number of fused-ring (bicyclic) bond motifs is 10. The van der Waals surface area contributed by atoms with E-state index in [0.717, 1.165) is 0 Å². The van der Waals surface area contributed by atoms with E-state index in [2.05, 4.69) is 196 Å². The summed E-state index contributed by atoms with van der Waals surface area (Å²) in [7, 11) is 0. The quantitative estimate of drug-likeness (QED) is 0.129. The van der Waals surface area contributed by atoms with Crippen LogP contribution in [-0.2, 0) is 5.41 Å². The SMILES string of the molecule is CC1(C)c2cccc(-c3ccc(-c4c5ccccc5c(-c5ccc6ccc7ccccc7c6c5)c5ccccc45)cc3)c2-c2c1ccc1ccccc21. The zero-order valence-corrected chi connectivity index (χ0v) is 29.8. The highest BCUT2D eigenvalue weighted by Crippen LogP contribution is 2.54. The predicted octanol–water partition coefficient (Wildman–Crippen LogP) is 14.8. The van der Waals surface area contributed by atoms with Gasteiger partial charge in [0.1, 0.15) is 0 Å². The van der Waals surface area contributed by atoms with Gasteiger partial charge in [0.25, 0.3) is 0 Å². The molecular formula is C53H36. The number of hydrogen-bond donors (Lipinski definition) is 0. The Morgan fingerprint density at radius 1 is 0.283 bits per heavy atom. The summed E-state index contributed by atoms with van der Waals surface area (Å²) in [6.07, 6.45) is 0. The third kappa shape index (κ3) is 4.36. The van der Waals surface area contributed by atoms with E-state index in [4.69, 9.17) is 0 Å². The van der Waals surface area contributed by atoms with Gasteiger partial charge in [0.2, 0.25) is 0 Å². The van der Waals surface area contributed by atoms with Crippen LogP contribution in [0.15, 0.2) is 182 Å². The molecule has 248 valence electrons. The molecular weight excluding hydrogens is 637 g/mol. The van der Waals surface area contributed by atoms with Crippen LogP contribution in [0.4, 0.5) is 0 Å². The zero-order valence-electron chi connectivity index (χ0n) is 29.8. The molecule has 0 N–H and O–H groups in total. The summed E-state index contributed by atoms with van der Waals surface area (Å²) >= 11 is 0. The van der Waals surface area contributed by atoms with Gasteiger partial charge in [-0.1, -0.05) is 190 Å². The van der Waals surface area contributed by atoms with Crippen molar-refractivity contribution in [2.75, 3.05) is 0 Å². The lowest BCUT2D eigenvalue weighted by Gasteiger charge is -2.22. The molecule has 0 aromatic heterocycles. The summed E-state index contributed by atoms with van der Waals surface area (Å²) in [5.41, 5.74) is 13.1. The topological polar surface area (TPSA) is 0 Å². The first-order valence-corrected chi connectivity index (χ1v) is 18.7. The molecule has 1 aliphatic rings. The fraction of sp³-hybridized carbons (Fsp3) is 0.0566. The lowest BCUT2D eigenvalue weighted by Crippen LogP contribution is -2.14. The first-order chi connectivity index (χ1) is 26.1. The molecule has 10 aromatic rings. The summed E-state index contributed by atoms with van der Waals surface area (Å²) in [5.74, 6) is 0. The van der Waals surface area contributed by atoms with Gasteiger partial charge in [0.15, 0.2) is 0 Å². The standard InChI is InChI=1S/C53H36/c1-53(2)47-21-11-20-41(51(47)52-40-15-6-4-13-34(40)30-31-48(52)53)35-24-27-37(28-25-35)49-42-16-7-9-18-44(42)50(45-19-10-8-17-43(45)49)38-29-26-36-23-22-33-12-3-5-14-39(33)46(36)32-38/h3-32H,1-2H3. The van der Waals surface area contributed by atoms with Crippen LogP contribution >= 0.6 is 0 Å². The molecule has 10 aromatic carbocycles. The van der Waals surface area contributed by atoms with Crippen LogP contribution in [0.1, 0.15) is 25.0 Å². The third-order valence-corrected chi connectivity index (χ3v) is 12.0. The number of hydrogen-bond acceptors (Lipinski definition) is 0. The summed E-state index contributed by atoms with van der Waals surface area (Å²) in [6, 6.07) is 67.9. The Morgan fingerprint density at radius 3 is 1.40 bits per heavy atom. The molecule has 0 saturated heterocycles. The zero-order chi connectivity index (χ0) is 35.3. The van der Waals surface area contributed by atoms with E-state index in [1.54, 1.807) is 0 Å². The molecule has 11 rings (SSSR count). The van der Waals surface area contributed by atoms with Crippen LogP contribution in [-0.4, -0.2) is 0 Å². The average molecular weight is 673 g/mol. The van der Waals surface area contributed by atoms with Gasteiger partial charge in [-0.3, -0.25) is 0 Å². The maximum atomic E-state index is 2.40. The highest BCUT2D eigenvalue weighted by atomic mass is 14.4. The smallest absolute Gasteiger partial charge is 0.0159 e. The Morgan fingerprint density at radius 2 is 0.736 bits per heavy atom. The molecule has 0 radical (unpaired) electrons. The van der Waals surface area contributed by atoms with Crippen molar-refractivity contribution in [3.05, 3.63) is 193 Å². The average Bonchev–Trinajstić information content (AvgIpc) is 3.46. The van der Waals surface area contributed by atoms with E-state index in [1.807, 2.05) is 0 Å². The van der Waals surface area contributed by atoms with E-state index in [1.165, 1.54) is 109 Å². The second-order valence-electron chi connectivity index (χ2n) is 15.2. The Balaban J connectivity index is 1.10. The van der Waals surface area contributed by atoms with Crippen LogP contribution < -0.4 is 0 Å².